The van der Waals surface area contributed by atoms with Gasteiger partial charge in [0.2, 0.25) is 0 Å². The Morgan fingerprint density at radius 2 is 2.00 bits per heavy atom. The van der Waals surface area contributed by atoms with Gasteiger partial charge in [-0.1, -0.05) is 39.9 Å². The van der Waals surface area contributed by atoms with E-state index >= 15 is 0 Å². The zero-order chi connectivity index (χ0) is 13.3. The van der Waals surface area contributed by atoms with Crippen molar-refractivity contribution in [1.29, 1.82) is 0 Å². The molecular formula is C14H24O2Si. The Balaban J connectivity index is 3.27. The van der Waals surface area contributed by atoms with Crippen LogP contribution in [0.15, 0.2) is 23.3 Å². The number of allylic oxidation sites excluding steroid dienone is 1. The monoisotopic (exact) mass is 252 g/mol. The summed E-state index contributed by atoms with van der Waals surface area (Å²) in [7, 11) is -1.72. The van der Waals surface area contributed by atoms with Crippen LogP contribution in [0.25, 0.3) is 0 Å². The van der Waals surface area contributed by atoms with Gasteiger partial charge in [0.15, 0.2) is 0 Å². The molecule has 1 rings (SSSR count). The molecule has 0 aromatic carbocycles. The van der Waals surface area contributed by atoms with Crippen molar-refractivity contribution in [3.05, 3.63) is 30.0 Å². The fraction of sp³-hybridized carbons (Fsp3) is 0.571. The highest BCUT2D eigenvalue weighted by atomic mass is 28.3. The average Bonchev–Trinajstić information content (AvgIpc) is 2.60. The largest absolute Gasteiger partial charge is 0.474 e. The molecule has 0 aliphatic rings. The van der Waals surface area contributed by atoms with Gasteiger partial charge in [0.1, 0.15) is 8.07 Å². The Labute approximate surface area is 105 Å². The van der Waals surface area contributed by atoms with E-state index in [4.69, 9.17) is 4.42 Å². The van der Waals surface area contributed by atoms with Gasteiger partial charge >= 0.3 is 0 Å². The number of hydrogen-bond donors (Lipinski definition) is 1. The predicted octanol–water partition coefficient (Wildman–Crippen LogP) is 3.22. The first-order chi connectivity index (χ1) is 7.75. The molecule has 2 nitrogen and oxygen atoms in total. The first-order valence-electron chi connectivity index (χ1n) is 6.07. The van der Waals surface area contributed by atoms with E-state index < -0.39 is 8.07 Å². The summed E-state index contributed by atoms with van der Waals surface area (Å²) in [6.45, 7) is 15.1. The molecule has 1 N–H and O–H groups in total. The van der Waals surface area contributed by atoms with Crippen LogP contribution in [-0.2, 0) is 13.0 Å². The topological polar surface area (TPSA) is 33.4 Å². The van der Waals surface area contributed by atoms with E-state index in [1.165, 1.54) is 0 Å². The quantitative estimate of drug-likeness (QED) is 0.659. The van der Waals surface area contributed by atoms with E-state index in [2.05, 4.69) is 40.4 Å². The lowest BCUT2D eigenvalue weighted by molar-refractivity contribution is 0.281. The van der Waals surface area contributed by atoms with Crippen LogP contribution in [0.1, 0.15) is 31.9 Å². The average molecular weight is 252 g/mol. The molecule has 3 heteroatoms. The molecule has 1 aromatic heterocycles. The van der Waals surface area contributed by atoms with Crippen molar-refractivity contribution in [2.45, 2.75) is 51.9 Å². The molecule has 0 saturated heterocycles. The molecule has 0 unspecified atom stereocenters. The maximum atomic E-state index is 9.57. The number of aliphatic hydroxyl groups excluding tert-OH is 1. The molecule has 0 aliphatic carbocycles. The van der Waals surface area contributed by atoms with Gasteiger partial charge in [-0.05, 0) is 17.0 Å². The van der Waals surface area contributed by atoms with Crippen molar-refractivity contribution in [3.63, 3.8) is 0 Å². The van der Waals surface area contributed by atoms with Crippen LogP contribution in [-0.4, -0.2) is 13.2 Å². The van der Waals surface area contributed by atoms with Crippen LogP contribution in [0.5, 0.6) is 0 Å². The zero-order valence-electron chi connectivity index (χ0n) is 11.6. The first kappa shape index (κ1) is 14.3. The zero-order valence-corrected chi connectivity index (χ0v) is 12.6. The van der Waals surface area contributed by atoms with Crippen molar-refractivity contribution >= 4 is 13.5 Å². The predicted molar refractivity (Wildman–Crippen MR) is 75.4 cm³/mol. The van der Waals surface area contributed by atoms with Crippen LogP contribution in [0, 0.1) is 0 Å². The SMILES string of the molecule is C=CCc1coc([Si](C)(C)C(C)(C)C)c1CO. The normalized spacial score (nSPS) is 12.8. The van der Waals surface area contributed by atoms with E-state index in [0.29, 0.717) is 0 Å². The fourth-order valence-corrected chi connectivity index (χ4v) is 3.81. The maximum absolute atomic E-state index is 9.57. The summed E-state index contributed by atoms with van der Waals surface area (Å²) in [6, 6.07) is 0. The third-order valence-electron chi connectivity index (χ3n) is 3.95. The van der Waals surface area contributed by atoms with Crippen molar-refractivity contribution in [1.82, 2.24) is 0 Å². The van der Waals surface area contributed by atoms with Crippen molar-refractivity contribution in [2.24, 2.45) is 0 Å². The van der Waals surface area contributed by atoms with Gasteiger partial charge < -0.3 is 9.52 Å². The van der Waals surface area contributed by atoms with Crippen molar-refractivity contribution in [3.8, 4) is 0 Å². The standard InChI is InChI=1S/C14H24O2Si/c1-7-8-11-10-16-13(12(11)9-15)17(5,6)14(2,3)4/h7,10,15H,1,8-9H2,2-6H3. The summed E-state index contributed by atoms with van der Waals surface area (Å²) in [6.07, 6.45) is 4.39. The summed E-state index contributed by atoms with van der Waals surface area (Å²) in [5, 5.41) is 10.8. The second-order valence-corrected chi connectivity index (χ2v) is 11.3. The minimum absolute atomic E-state index is 0.0571. The molecule has 0 bridgehead atoms. The molecule has 0 spiro atoms. The van der Waals surface area contributed by atoms with E-state index in [0.717, 1.165) is 22.9 Å². The first-order valence-corrected chi connectivity index (χ1v) is 9.07. The number of aliphatic hydroxyl groups is 1. The molecule has 1 aromatic rings. The molecule has 0 aliphatic heterocycles. The van der Waals surface area contributed by atoms with Crippen LogP contribution in [0.3, 0.4) is 0 Å². The molecule has 0 amide bonds. The Kier molecular flexibility index (Phi) is 4.05. The smallest absolute Gasteiger partial charge is 0.132 e. The lowest BCUT2D eigenvalue weighted by atomic mass is 10.1. The van der Waals surface area contributed by atoms with Gasteiger partial charge in [0.25, 0.3) is 0 Å². The third kappa shape index (κ3) is 2.55. The van der Waals surface area contributed by atoms with Crippen molar-refractivity contribution in [2.75, 3.05) is 0 Å². The summed E-state index contributed by atoms with van der Waals surface area (Å²) < 4.78 is 5.78. The van der Waals surface area contributed by atoms with Crippen LogP contribution >= 0.6 is 0 Å². The van der Waals surface area contributed by atoms with E-state index in [-0.39, 0.29) is 11.6 Å². The second-order valence-electron chi connectivity index (χ2n) is 6.09. The fourth-order valence-electron chi connectivity index (χ4n) is 1.78. The van der Waals surface area contributed by atoms with Gasteiger partial charge in [0.05, 0.1) is 18.3 Å². The van der Waals surface area contributed by atoms with Gasteiger partial charge in [-0.3, -0.25) is 0 Å². The van der Waals surface area contributed by atoms with Gasteiger partial charge in [-0.15, -0.1) is 6.58 Å². The Hall–Kier alpha value is -0.803. The van der Waals surface area contributed by atoms with Crippen LogP contribution in [0.4, 0.5) is 0 Å². The summed E-state index contributed by atoms with van der Waals surface area (Å²) >= 11 is 0. The lowest BCUT2D eigenvalue weighted by Gasteiger charge is -2.35. The highest BCUT2D eigenvalue weighted by Crippen LogP contribution is 2.36. The molecule has 0 atom stereocenters. The molecule has 0 saturated carbocycles. The molecule has 1 heterocycles. The molecular weight excluding hydrogens is 228 g/mol. The van der Waals surface area contributed by atoms with Gasteiger partial charge in [-0.2, -0.15) is 0 Å². The molecule has 17 heavy (non-hydrogen) atoms. The van der Waals surface area contributed by atoms with E-state index in [1.54, 1.807) is 6.26 Å². The Morgan fingerprint density at radius 3 is 2.41 bits per heavy atom. The molecule has 0 radical (unpaired) electrons. The second kappa shape index (κ2) is 4.82. The minimum Gasteiger partial charge on any atom is -0.474 e. The minimum atomic E-state index is -1.72. The number of furan rings is 1. The summed E-state index contributed by atoms with van der Waals surface area (Å²) in [4.78, 5) is 0. The highest BCUT2D eigenvalue weighted by molar-refractivity contribution is 6.91. The van der Waals surface area contributed by atoms with Crippen LogP contribution in [0.2, 0.25) is 18.1 Å². The van der Waals surface area contributed by atoms with E-state index in [1.807, 2.05) is 6.08 Å². The number of hydrogen-bond acceptors (Lipinski definition) is 2. The molecule has 96 valence electrons. The Bertz CT molecular complexity index is 397. The maximum Gasteiger partial charge on any atom is 0.132 e. The van der Waals surface area contributed by atoms with Crippen molar-refractivity contribution < 1.29 is 9.52 Å². The lowest BCUT2D eigenvalue weighted by Crippen LogP contribution is -2.50. The van der Waals surface area contributed by atoms with Crippen LogP contribution < -0.4 is 5.38 Å². The highest BCUT2D eigenvalue weighted by Gasteiger charge is 2.41. The van der Waals surface area contributed by atoms with Gasteiger partial charge in [0, 0.05) is 5.56 Å². The summed E-state index contributed by atoms with van der Waals surface area (Å²) in [5.74, 6) is 0. The number of rotatable bonds is 4. The Morgan fingerprint density at radius 1 is 1.41 bits per heavy atom. The van der Waals surface area contributed by atoms with E-state index in [9.17, 15) is 5.11 Å². The third-order valence-corrected chi connectivity index (χ3v) is 9.25. The molecule has 0 fully saturated rings. The van der Waals surface area contributed by atoms with Gasteiger partial charge in [-0.25, -0.2) is 0 Å². The summed E-state index contributed by atoms with van der Waals surface area (Å²) in [5.41, 5.74) is 2.05.